The molecule has 0 saturated carbocycles. The van der Waals surface area contributed by atoms with Gasteiger partial charge in [-0.05, 0) is 25.5 Å². The standard InChI is InChI=1S/C15H19N3O2/c1-5-13-17-11(3)14(20-13)15(19)18(4)9-12-10(2)7-6-8-16-12/h6-8H,5,9H2,1-4H3. The summed E-state index contributed by atoms with van der Waals surface area (Å²) in [6, 6.07) is 3.87. The van der Waals surface area contributed by atoms with E-state index in [9.17, 15) is 4.79 Å². The first-order chi connectivity index (χ1) is 9.52. The van der Waals surface area contributed by atoms with E-state index in [1.807, 2.05) is 26.0 Å². The van der Waals surface area contributed by atoms with Crippen LogP contribution in [-0.4, -0.2) is 27.8 Å². The quantitative estimate of drug-likeness (QED) is 0.859. The highest BCUT2D eigenvalue weighted by atomic mass is 16.4. The smallest absolute Gasteiger partial charge is 0.291 e. The fourth-order valence-electron chi connectivity index (χ4n) is 1.96. The first kappa shape index (κ1) is 14.2. The lowest BCUT2D eigenvalue weighted by Gasteiger charge is -2.16. The number of hydrogen-bond donors (Lipinski definition) is 0. The topological polar surface area (TPSA) is 59.2 Å². The summed E-state index contributed by atoms with van der Waals surface area (Å²) in [7, 11) is 1.74. The molecule has 0 saturated heterocycles. The molecule has 0 bridgehead atoms. The molecule has 5 heteroatoms. The fraction of sp³-hybridized carbons (Fsp3) is 0.400. The van der Waals surface area contributed by atoms with Crippen molar-refractivity contribution in [2.75, 3.05) is 7.05 Å². The molecule has 2 heterocycles. The zero-order valence-corrected chi connectivity index (χ0v) is 12.3. The molecule has 0 fully saturated rings. The summed E-state index contributed by atoms with van der Waals surface area (Å²) in [6.07, 6.45) is 2.41. The molecule has 2 aromatic heterocycles. The molecule has 0 aliphatic carbocycles. The first-order valence-corrected chi connectivity index (χ1v) is 6.65. The van der Waals surface area contributed by atoms with Crippen LogP contribution in [0.15, 0.2) is 22.7 Å². The molecule has 0 spiro atoms. The van der Waals surface area contributed by atoms with Gasteiger partial charge in [0.05, 0.1) is 17.9 Å². The number of carbonyl (C=O) groups excluding carboxylic acids is 1. The van der Waals surface area contributed by atoms with Crippen LogP contribution in [0.5, 0.6) is 0 Å². The molecule has 0 radical (unpaired) electrons. The van der Waals surface area contributed by atoms with Crippen LogP contribution in [0.25, 0.3) is 0 Å². The van der Waals surface area contributed by atoms with Crippen molar-refractivity contribution in [3.8, 4) is 0 Å². The molecule has 0 aliphatic rings. The van der Waals surface area contributed by atoms with Crippen LogP contribution in [0.3, 0.4) is 0 Å². The summed E-state index contributed by atoms with van der Waals surface area (Å²) in [4.78, 5) is 22.5. The SMILES string of the molecule is CCc1nc(C)c(C(=O)N(C)Cc2ncccc2C)o1. The summed E-state index contributed by atoms with van der Waals surface area (Å²) in [5.41, 5.74) is 2.59. The normalized spacial score (nSPS) is 10.6. The van der Waals surface area contributed by atoms with Gasteiger partial charge in [0.15, 0.2) is 5.89 Å². The van der Waals surface area contributed by atoms with E-state index in [1.165, 1.54) is 0 Å². The Morgan fingerprint density at radius 1 is 1.40 bits per heavy atom. The molecule has 20 heavy (non-hydrogen) atoms. The van der Waals surface area contributed by atoms with Gasteiger partial charge < -0.3 is 9.32 Å². The molecule has 0 unspecified atom stereocenters. The fourth-order valence-corrected chi connectivity index (χ4v) is 1.96. The predicted octanol–water partition coefficient (Wildman–Crippen LogP) is 2.52. The van der Waals surface area contributed by atoms with Gasteiger partial charge in [-0.25, -0.2) is 4.98 Å². The van der Waals surface area contributed by atoms with Crippen LogP contribution >= 0.6 is 0 Å². The van der Waals surface area contributed by atoms with Crippen molar-refractivity contribution in [3.63, 3.8) is 0 Å². The van der Waals surface area contributed by atoms with Gasteiger partial charge in [0.2, 0.25) is 5.76 Å². The molecule has 2 aromatic rings. The molecule has 0 aromatic carbocycles. The lowest BCUT2D eigenvalue weighted by molar-refractivity contribution is 0.0748. The van der Waals surface area contributed by atoms with Crippen molar-refractivity contribution in [1.29, 1.82) is 0 Å². The Kier molecular flexibility index (Phi) is 4.17. The first-order valence-electron chi connectivity index (χ1n) is 6.65. The number of oxazole rings is 1. The summed E-state index contributed by atoms with van der Waals surface area (Å²) in [5, 5.41) is 0. The lowest BCUT2D eigenvalue weighted by Crippen LogP contribution is -2.27. The molecule has 0 N–H and O–H groups in total. The van der Waals surface area contributed by atoms with Crippen molar-refractivity contribution < 1.29 is 9.21 Å². The maximum atomic E-state index is 12.4. The van der Waals surface area contributed by atoms with Gasteiger partial charge in [0.25, 0.3) is 5.91 Å². The lowest BCUT2D eigenvalue weighted by atomic mass is 10.2. The van der Waals surface area contributed by atoms with Crippen LogP contribution in [0.1, 0.15) is 40.3 Å². The van der Waals surface area contributed by atoms with Gasteiger partial charge >= 0.3 is 0 Å². The number of hydrogen-bond acceptors (Lipinski definition) is 4. The molecule has 0 aliphatic heterocycles. The average molecular weight is 273 g/mol. The number of pyridine rings is 1. The van der Waals surface area contributed by atoms with E-state index < -0.39 is 0 Å². The number of aryl methyl sites for hydroxylation is 3. The van der Waals surface area contributed by atoms with Gasteiger partial charge in [0.1, 0.15) is 0 Å². The molecule has 0 atom stereocenters. The third-order valence-electron chi connectivity index (χ3n) is 3.19. The Labute approximate surface area is 118 Å². The van der Waals surface area contributed by atoms with Crippen LogP contribution in [0.2, 0.25) is 0 Å². The zero-order valence-electron chi connectivity index (χ0n) is 12.3. The second-order valence-electron chi connectivity index (χ2n) is 4.80. The number of nitrogens with zero attached hydrogens (tertiary/aromatic N) is 3. The zero-order chi connectivity index (χ0) is 14.7. The van der Waals surface area contributed by atoms with E-state index in [-0.39, 0.29) is 5.91 Å². The molecular weight excluding hydrogens is 254 g/mol. The maximum Gasteiger partial charge on any atom is 0.291 e. The Hall–Kier alpha value is -2.17. The highest BCUT2D eigenvalue weighted by Crippen LogP contribution is 2.15. The third kappa shape index (κ3) is 2.87. The number of amides is 1. The summed E-state index contributed by atoms with van der Waals surface area (Å²) < 4.78 is 5.49. The minimum Gasteiger partial charge on any atom is -0.435 e. The van der Waals surface area contributed by atoms with E-state index in [1.54, 1.807) is 25.1 Å². The minimum atomic E-state index is -0.167. The van der Waals surface area contributed by atoms with E-state index >= 15 is 0 Å². The highest BCUT2D eigenvalue weighted by Gasteiger charge is 2.21. The van der Waals surface area contributed by atoms with Crippen molar-refractivity contribution >= 4 is 5.91 Å². The predicted molar refractivity (Wildman–Crippen MR) is 75.4 cm³/mol. The molecular formula is C15H19N3O2. The Morgan fingerprint density at radius 3 is 2.75 bits per heavy atom. The van der Waals surface area contributed by atoms with Gasteiger partial charge in [0, 0.05) is 19.7 Å². The third-order valence-corrected chi connectivity index (χ3v) is 3.19. The number of carbonyl (C=O) groups is 1. The van der Waals surface area contributed by atoms with E-state index in [4.69, 9.17) is 4.42 Å². The van der Waals surface area contributed by atoms with Crippen LogP contribution < -0.4 is 0 Å². The molecule has 2 rings (SSSR count). The van der Waals surface area contributed by atoms with E-state index in [2.05, 4.69) is 9.97 Å². The average Bonchev–Trinajstić information content (AvgIpc) is 2.81. The largest absolute Gasteiger partial charge is 0.435 e. The van der Waals surface area contributed by atoms with Gasteiger partial charge in [-0.2, -0.15) is 0 Å². The maximum absolute atomic E-state index is 12.4. The second kappa shape index (κ2) is 5.86. The Balaban J connectivity index is 2.16. The number of aromatic nitrogens is 2. The van der Waals surface area contributed by atoms with Crippen LogP contribution in [0, 0.1) is 13.8 Å². The van der Waals surface area contributed by atoms with Crippen LogP contribution in [-0.2, 0) is 13.0 Å². The van der Waals surface area contributed by atoms with Crippen molar-refractivity contribution in [1.82, 2.24) is 14.9 Å². The summed E-state index contributed by atoms with van der Waals surface area (Å²) >= 11 is 0. The monoisotopic (exact) mass is 273 g/mol. The van der Waals surface area contributed by atoms with Gasteiger partial charge in [-0.1, -0.05) is 13.0 Å². The van der Waals surface area contributed by atoms with Crippen molar-refractivity contribution in [2.45, 2.75) is 33.7 Å². The summed E-state index contributed by atoms with van der Waals surface area (Å²) in [6.45, 7) is 6.17. The highest BCUT2D eigenvalue weighted by molar-refractivity contribution is 5.92. The molecule has 106 valence electrons. The van der Waals surface area contributed by atoms with Crippen LogP contribution in [0.4, 0.5) is 0 Å². The summed E-state index contributed by atoms with van der Waals surface area (Å²) in [5.74, 6) is 0.742. The Morgan fingerprint density at radius 2 is 2.15 bits per heavy atom. The second-order valence-corrected chi connectivity index (χ2v) is 4.80. The number of rotatable bonds is 4. The van der Waals surface area contributed by atoms with Gasteiger partial charge in [-0.3, -0.25) is 9.78 Å². The molecule has 1 amide bonds. The van der Waals surface area contributed by atoms with E-state index in [0.29, 0.717) is 30.3 Å². The Bertz CT molecular complexity index is 619. The molecule has 5 nitrogen and oxygen atoms in total. The van der Waals surface area contributed by atoms with E-state index in [0.717, 1.165) is 11.3 Å². The van der Waals surface area contributed by atoms with Gasteiger partial charge in [-0.15, -0.1) is 0 Å². The van der Waals surface area contributed by atoms with Crippen molar-refractivity contribution in [2.24, 2.45) is 0 Å². The minimum absolute atomic E-state index is 0.167. The van der Waals surface area contributed by atoms with Crippen molar-refractivity contribution in [3.05, 3.63) is 46.9 Å².